The Morgan fingerprint density at radius 3 is 2.56 bits per heavy atom. The van der Waals surface area contributed by atoms with E-state index < -0.39 is 17.9 Å². The molecule has 0 bridgehead atoms. The highest BCUT2D eigenvalue weighted by Crippen LogP contribution is 2.36. The standard InChI is InChI=1S/C11H6F3NO/c12-11(13,14)10-8(6-15)5-7-3-1-2-4-9(7)16-10/h1-5,10H/t10-/m0/s1. The van der Waals surface area contributed by atoms with E-state index in [4.69, 9.17) is 10.00 Å². The Morgan fingerprint density at radius 1 is 1.25 bits per heavy atom. The molecule has 0 N–H and O–H groups in total. The number of rotatable bonds is 0. The van der Waals surface area contributed by atoms with Crippen molar-refractivity contribution in [3.05, 3.63) is 35.4 Å². The van der Waals surface area contributed by atoms with Crippen molar-refractivity contribution in [2.24, 2.45) is 0 Å². The van der Waals surface area contributed by atoms with Crippen molar-refractivity contribution >= 4 is 6.08 Å². The molecule has 0 aromatic heterocycles. The van der Waals surface area contributed by atoms with Crippen LogP contribution in [0.25, 0.3) is 6.08 Å². The lowest BCUT2D eigenvalue weighted by Crippen LogP contribution is -2.37. The van der Waals surface area contributed by atoms with E-state index in [1.165, 1.54) is 18.2 Å². The maximum Gasteiger partial charge on any atom is 0.430 e. The van der Waals surface area contributed by atoms with Gasteiger partial charge >= 0.3 is 6.18 Å². The minimum atomic E-state index is -4.57. The summed E-state index contributed by atoms with van der Waals surface area (Å²) < 4.78 is 42.5. The molecular formula is C11H6F3NO. The molecule has 0 saturated heterocycles. The van der Waals surface area contributed by atoms with Crippen molar-refractivity contribution < 1.29 is 17.9 Å². The predicted molar refractivity (Wildman–Crippen MR) is 50.5 cm³/mol. The van der Waals surface area contributed by atoms with Crippen molar-refractivity contribution in [1.29, 1.82) is 5.26 Å². The van der Waals surface area contributed by atoms with Gasteiger partial charge in [0.05, 0.1) is 11.6 Å². The van der Waals surface area contributed by atoms with Gasteiger partial charge < -0.3 is 4.74 Å². The first-order valence-corrected chi connectivity index (χ1v) is 4.46. The Kier molecular flexibility index (Phi) is 2.35. The SMILES string of the molecule is N#CC1=Cc2ccccc2O[C@@H]1C(F)(F)F. The number of hydrogen-bond acceptors (Lipinski definition) is 2. The second-order valence-electron chi connectivity index (χ2n) is 3.29. The molecule has 0 amide bonds. The zero-order valence-electron chi connectivity index (χ0n) is 7.95. The van der Waals surface area contributed by atoms with E-state index in [2.05, 4.69) is 0 Å². The third kappa shape index (κ3) is 1.74. The first-order chi connectivity index (χ1) is 7.52. The molecule has 0 radical (unpaired) electrons. The smallest absolute Gasteiger partial charge is 0.430 e. The van der Waals surface area contributed by atoms with E-state index in [0.717, 1.165) is 0 Å². The fraction of sp³-hybridized carbons (Fsp3) is 0.182. The predicted octanol–water partition coefficient (Wildman–Crippen LogP) is 2.92. The van der Waals surface area contributed by atoms with Gasteiger partial charge in [-0.1, -0.05) is 18.2 Å². The number of nitriles is 1. The highest BCUT2D eigenvalue weighted by atomic mass is 19.4. The number of alkyl halides is 3. The number of nitrogens with zero attached hydrogens (tertiary/aromatic N) is 1. The molecule has 0 aliphatic carbocycles. The highest BCUT2D eigenvalue weighted by Gasteiger charge is 2.46. The van der Waals surface area contributed by atoms with E-state index in [0.29, 0.717) is 5.56 Å². The first-order valence-electron chi connectivity index (χ1n) is 4.46. The van der Waals surface area contributed by atoms with Crippen LogP contribution in [0, 0.1) is 11.3 Å². The molecular weight excluding hydrogens is 219 g/mol. The molecule has 0 saturated carbocycles. The van der Waals surface area contributed by atoms with E-state index in [1.807, 2.05) is 0 Å². The molecule has 1 aliphatic rings. The summed E-state index contributed by atoms with van der Waals surface area (Å²) in [5, 5.41) is 8.65. The maximum absolute atomic E-state index is 12.6. The zero-order valence-corrected chi connectivity index (χ0v) is 7.95. The molecule has 0 spiro atoms. The van der Waals surface area contributed by atoms with Gasteiger partial charge in [0.25, 0.3) is 0 Å². The van der Waals surface area contributed by atoms with Gasteiger partial charge in [-0.05, 0) is 12.1 Å². The largest absolute Gasteiger partial charge is 0.475 e. The van der Waals surface area contributed by atoms with Crippen LogP contribution in [-0.2, 0) is 0 Å². The van der Waals surface area contributed by atoms with Crippen LogP contribution in [0.2, 0.25) is 0 Å². The molecule has 1 aliphatic heterocycles. The van der Waals surface area contributed by atoms with Gasteiger partial charge in [0.2, 0.25) is 6.10 Å². The zero-order chi connectivity index (χ0) is 11.8. The summed E-state index contributed by atoms with van der Waals surface area (Å²) >= 11 is 0. The third-order valence-electron chi connectivity index (χ3n) is 2.18. The molecule has 0 fully saturated rings. The highest BCUT2D eigenvalue weighted by molar-refractivity contribution is 5.66. The van der Waals surface area contributed by atoms with Crippen molar-refractivity contribution in [2.75, 3.05) is 0 Å². The Hall–Kier alpha value is -1.96. The summed E-state index contributed by atoms with van der Waals surface area (Å²) in [5.41, 5.74) is 0.0609. The molecule has 16 heavy (non-hydrogen) atoms. The lowest BCUT2D eigenvalue weighted by molar-refractivity contribution is -0.182. The Balaban J connectivity index is 2.48. The quantitative estimate of drug-likeness (QED) is 0.680. The van der Waals surface area contributed by atoms with Crippen LogP contribution in [-0.4, -0.2) is 12.3 Å². The maximum atomic E-state index is 12.6. The van der Waals surface area contributed by atoms with Gasteiger partial charge in [0, 0.05) is 5.56 Å². The topological polar surface area (TPSA) is 33.0 Å². The van der Waals surface area contributed by atoms with Crippen LogP contribution in [0.5, 0.6) is 5.75 Å². The van der Waals surface area contributed by atoms with Crippen molar-refractivity contribution in [1.82, 2.24) is 0 Å². The number of ether oxygens (including phenoxy) is 1. The molecule has 0 unspecified atom stereocenters. The van der Waals surface area contributed by atoms with Gasteiger partial charge in [-0.3, -0.25) is 0 Å². The lowest BCUT2D eigenvalue weighted by atomic mass is 10.0. The summed E-state index contributed by atoms with van der Waals surface area (Å²) in [6.45, 7) is 0. The van der Waals surface area contributed by atoms with E-state index in [9.17, 15) is 13.2 Å². The number of halogens is 3. The van der Waals surface area contributed by atoms with Gasteiger partial charge in [-0.25, -0.2) is 0 Å². The summed E-state index contributed by atoms with van der Waals surface area (Å²) in [5.74, 6) is 0.142. The Morgan fingerprint density at radius 2 is 1.94 bits per heavy atom. The second kappa shape index (κ2) is 3.56. The van der Waals surface area contributed by atoms with Crippen LogP contribution in [0.4, 0.5) is 13.2 Å². The summed E-state index contributed by atoms with van der Waals surface area (Å²) in [6.07, 6.45) is -5.53. The minimum absolute atomic E-state index is 0.142. The number of para-hydroxylation sites is 1. The van der Waals surface area contributed by atoms with Gasteiger partial charge in [-0.15, -0.1) is 0 Å². The van der Waals surface area contributed by atoms with Crippen LogP contribution >= 0.6 is 0 Å². The molecule has 82 valence electrons. The number of fused-ring (bicyclic) bond motifs is 1. The van der Waals surface area contributed by atoms with Crippen molar-refractivity contribution in [3.8, 4) is 11.8 Å². The summed E-state index contributed by atoms with van der Waals surface area (Å²) in [6, 6.07) is 7.81. The Bertz CT molecular complexity index is 485. The average Bonchev–Trinajstić information content (AvgIpc) is 2.26. The fourth-order valence-electron chi connectivity index (χ4n) is 1.47. The van der Waals surface area contributed by atoms with Gasteiger partial charge in [0.15, 0.2) is 0 Å². The molecule has 2 rings (SSSR count). The van der Waals surface area contributed by atoms with Crippen LogP contribution in [0.3, 0.4) is 0 Å². The first kappa shape index (κ1) is 10.6. The molecule has 1 heterocycles. The molecule has 2 nitrogen and oxygen atoms in total. The molecule has 1 atom stereocenters. The summed E-state index contributed by atoms with van der Waals surface area (Å²) in [4.78, 5) is 0. The normalized spacial score (nSPS) is 19.1. The van der Waals surface area contributed by atoms with Crippen molar-refractivity contribution in [3.63, 3.8) is 0 Å². The second-order valence-corrected chi connectivity index (χ2v) is 3.29. The molecule has 1 aromatic carbocycles. The summed E-state index contributed by atoms with van der Waals surface area (Å²) in [7, 11) is 0. The minimum Gasteiger partial charge on any atom is -0.475 e. The Labute approximate surface area is 89.6 Å². The van der Waals surface area contributed by atoms with Gasteiger partial charge in [0.1, 0.15) is 5.75 Å². The van der Waals surface area contributed by atoms with E-state index in [1.54, 1.807) is 18.2 Å². The van der Waals surface area contributed by atoms with Crippen LogP contribution in [0.1, 0.15) is 5.56 Å². The average molecular weight is 225 g/mol. The van der Waals surface area contributed by atoms with E-state index in [-0.39, 0.29) is 5.75 Å². The van der Waals surface area contributed by atoms with Gasteiger partial charge in [-0.2, -0.15) is 18.4 Å². The van der Waals surface area contributed by atoms with Crippen LogP contribution in [0.15, 0.2) is 29.8 Å². The number of hydrogen-bond donors (Lipinski definition) is 0. The monoisotopic (exact) mass is 225 g/mol. The van der Waals surface area contributed by atoms with Crippen LogP contribution < -0.4 is 4.74 Å². The third-order valence-corrected chi connectivity index (χ3v) is 2.18. The molecule has 5 heteroatoms. The lowest BCUT2D eigenvalue weighted by Gasteiger charge is -2.25. The van der Waals surface area contributed by atoms with Crippen molar-refractivity contribution in [2.45, 2.75) is 12.3 Å². The van der Waals surface area contributed by atoms with E-state index >= 15 is 0 Å². The molecule has 1 aromatic rings. The fourth-order valence-corrected chi connectivity index (χ4v) is 1.47. The number of benzene rings is 1.